The molecule has 0 unspecified atom stereocenters. The molecule has 0 spiro atoms. The van der Waals surface area contributed by atoms with Crippen LogP contribution in [0.25, 0.3) is 0 Å². The molecule has 0 N–H and O–H groups in total. The molecule has 1 heterocycles. The van der Waals surface area contributed by atoms with Crippen LogP contribution < -0.4 is 4.74 Å². The highest BCUT2D eigenvalue weighted by Gasteiger charge is 2.25. The molecule has 146 valence electrons. The Kier molecular flexibility index (Phi) is 7.35. The van der Waals surface area contributed by atoms with Gasteiger partial charge >= 0.3 is 6.09 Å². The highest BCUT2D eigenvalue weighted by Crippen LogP contribution is 2.16. The van der Waals surface area contributed by atoms with Crippen molar-refractivity contribution in [3.8, 4) is 5.75 Å². The summed E-state index contributed by atoms with van der Waals surface area (Å²) in [5.41, 5.74) is -0.880. The lowest BCUT2D eigenvalue weighted by Crippen LogP contribution is -2.44. The second-order valence-electron chi connectivity index (χ2n) is 7.20. The largest absolute Gasteiger partial charge is 0.495 e. The highest BCUT2D eigenvalue weighted by atomic mass is 19.1. The first-order valence-electron chi connectivity index (χ1n) is 8.41. The summed E-state index contributed by atoms with van der Waals surface area (Å²) in [5, 5.41) is 0. The molecule has 1 aromatic heterocycles. The molecule has 0 radical (unpaired) electrons. The smallest absolute Gasteiger partial charge is 0.410 e. The Balaban J connectivity index is 2.83. The molecule has 0 aromatic carbocycles. The third-order valence-electron chi connectivity index (χ3n) is 3.52. The summed E-state index contributed by atoms with van der Waals surface area (Å²) in [6.45, 7) is 9.43. The maximum Gasteiger partial charge on any atom is 0.410 e. The van der Waals surface area contributed by atoms with Gasteiger partial charge in [0.15, 0.2) is 11.5 Å². The van der Waals surface area contributed by atoms with Crippen molar-refractivity contribution in [3.05, 3.63) is 23.8 Å². The number of hydrogen-bond donors (Lipinski definition) is 0. The average Bonchev–Trinajstić information content (AvgIpc) is 2.52. The zero-order chi connectivity index (χ0) is 20.1. The van der Waals surface area contributed by atoms with Crippen LogP contribution in [-0.4, -0.2) is 65.7 Å². The Bertz CT molecular complexity index is 644. The van der Waals surface area contributed by atoms with Crippen LogP contribution in [-0.2, 0) is 4.74 Å². The van der Waals surface area contributed by atoms with Gasteiger partial charge in [-0.05, 0) is 34.6 Å². The van der Waals surface area contributed by atoms with Gasteiger partial charge in [0.05, 0.1) is 13.3 Å². The standard InChI is InChI=1S/C18H28FN3O4/c1-12(2)22(9-8-21(6)17(24)26-18(3,4)5)16(23)15-14(19)10-13(25-7)11-20-15/h10-12H,8-9H2,1-7H3. The molecule has 1 aromatic rings. The maximum atomic E-state index is 14.1. The topological polar surface area (TPSA) is 72.0 Å². The Morgan fingerprint density at radius 2 is 1.88 bits per heavy atom. The molecule has 26 heavy (non-hydrogen) atoms. The van der Waals surface area contributed by atoms with Gasteiger partial charge in [-0.2, -0.15) is 0 Å². The molecule has 0 aliphatic carbocycles. The van der Waals surface area contributed by atoms with Gasteiger partial charge < -0.3 is 19.3 Å². The number of ether oxygens (including phenoxy) is 2. The molecule has 8 heteroatoms. The molecule has 7 nitrogen and oxygen atoms in total. The number of rotatable bonds is 6. The first-order valence-corrected chi connectivity index (χ1v) is 8.41. The van der Waals surface area contributed by atoms with Gasteiger partial charge in [0, 0.05) is 32.2 Å². The highest BCUT2D eigenvalue weighted by molar-refractivity contribution is 5.92. The summed E-state index contributed by atoms with van der Waals surface area (Å²) in [6, 6.07) is 0.920. The molecule has 0 bridgehead atoms. The van der Waals surface area contributed by atoms with Crippen molar-refractivity contribution in [2.75, 3.05) is 27.2 Å². The fourth-order valence-electron chi connectivity index (χ4n) is 2.11. The van der Waals surface area contributed by atoms with Crippen LogP contribution in [0.15, 0.2) is 12.3 Å². The minimum absolute atomic E-state index is 0.196. The number of amides is 2. The van der Waals surface area contributed by atoms with Gasteiger partial charge in [-0.15, -0.1) is 0 Å². The lowest BCUT2D eigenvalue weighted by molar-refractivity contribution is 0.0269. The monoisotopic (exact) mass is 369 g/mol. The third-order valence-corrected chi connectivity index (χ3v) is 3.52. The van der Waals surface area contributed by atoms with E-state index in [2.05, 4.69) is 4.98 Å². The fraction of sp³-hybridized carbons (Fsp3) is 0.611. The summed E-state index contributed by atoms with van der Waals surface area (Å²) in [5.74, 6) is -1.06. The Labute approximate surface area is 154 Å². The quantitative estimate of drug-likeness (QED) is 0.771. The van der Waals surface area contributed by atoms with E-state index >= 15 is 0 Å². The molecule has 1 rings (SSSR count). The molecule has 0 aliphatic heterocycles. The van der Waals surface area contributed by atoms with Crippen molar-refractivity contribution in [2.45, 2.75) is 46.3 Å². The lowest BCUT2D eigenvalue weighted by atomic mass is 10.2. The first kappa shape index (κ1) is 21.7. The van der Waals surface area contributed by atoms with E-state index in [9.17, 15) is 14.0 Å². The van der Waals surface area contributed by atoms with Gasteiger partial charge in [0.2, 0.25) is 0 Å². The van der Waals surface area contributed by atoms with E-state index in [1.807, 2.05) is 13.8 Å². The number of methoxy groups -OCH3 is 1. The van der Waals surface area contributed by atoms with Crippen LogP contribution in [0.2, 0.25) is 0 Å². The fourth-order valence-corrected chi connectivity index (χ4v) is 2.11. The third kappa shape index (κ3) is 6.16. The maximum absolute atomic E-state index is 14.1. The molecule has 0 aliphatic rings. The lowest BCUT2D eigenvalue weighted by Gasteiger charge is -2.30. The minimum Gasteiger partial charge on any atom is -0.495 e. The van der Waals surface area contributed by atoms with Crippen molar-refractivity contribution in [1.82, 2.24) is 14.8 Å². The van der Waals surface area contributed by atoms with Gasteiger partial charge in [-0.1, -0.05) is 0 Å². The first-order chi connectivity index (χ1) is 12.0. The van der Waals surface area contributed by atoms with Crippen LogP contribution in [0.4, 0.5) is 9.18 Å². The molecular formula is C18H28FN3O4. The summed E-state index contributed by atoms with van der Waals surface area (Å²) >= 11 is 0. The van der Waals surface area contributed by atoms with E-state index in [-0.39, 0.29) is 30.6 Å². The summed E-state index contributed by atoms with van der Waals surface area (Å²) in [4.78, 5) is 31.4. The Morgan fingerprint density at radius 3 is 2.35 bits per heavy atom. The predicted molar refractivity (Wildman–Crippen MR) is 95.8 cm³/mol. The predicted octanol–water partition coefficient (Wildman–Crippen LogP) is 2.95. The van der Waals surface area contributed by atoms with Crippen LogP contribution in [0.1, 0.15) is 45.1 Å². The number of hydrogen-bond acceptors (Lipinski definition) is 5. The zero-order valence-corrected chi connectivity index (χ0v) is 16.5. The SMILES string of the molecule is COc1cnc(C(=O)N(CCN(C)C(=O)OC(C)(C)C)C(C)C)c(F)c1. The van der Waals surface area contributed by atoms with Crippen molar-refractivity contribution in [2.24, 2.45) is 0 Å². The molecule has 0 fully saturated rings. The number of carbonyl (C=O) groups excluding carboxylic acids is 2. The molecule has 0 saturated heterocycles. The summed E-state index contributed by atoms with van der Waals surface area (Å²) < 4.78 is 24.3. The second kappa shape index (κ2) is 8.82. The average molecular weight is 369 g/mol. The molecular weight excluding hydrogens is 341 g/mol. The zero-order valence-electron chi connectivity index (χ0n) is 16.5. The number of likely N-dealkylation sites (N-methyl/N-ethyl adjacent to an activating group) is 1. The number of pyridine rings is 1. The second-order valence-corrected chi connectivity index (χ2v) is 7.20. The normalized spacial score (nSPS) is 11.3. The molecule has 0 saturated carbocycles. The Hall–Kier alpha value is -2.38. The van der Waals surface area contributed by atoms with Crippen molar-refractivity contribution in [1.29, 1.82) is 0 Å². The van der Waals surface area contributed by atoms with E-state index in [1.54, 1.807) is 27.8 Å². The van der Waals surface area contributed by atoms with Crippen LogP contribution in [0.5, 0.6) is 5.75 Å². The Morgan fingerprint density at radius 1 is 1.27 bits per heavy atom. The van der Waals surface area contributed by atoms with Crippen molar-refractivity contribution >= 4 is 12.0 Å². The van der Waals surface area contributed by atoms with E-state index in [0.29, 0.717) is 0 Å². The van der Waals surface area contributed by atoms with Crippen molar-refractivity contribution in [3.63, 3.8) is 0 Å². The van der Waals surface area contributed by atoms with Gasteiger partial charge in [0.25, 0.3) is 5.91 Å². The van der Waals surface area contributed by atoms with Gasteiger partial charge in [0.1, 0.15) is 11.4 Å². The van der Waals surface area contributed by atoms with E-state index < -0.39 is 23.4 Å². The molecule has 2 amide bonds. The van der Waals surface area contributed by atoms with E-state index in [0.717, 1.165) is 6.07 Å². The van der Waals surface area contributed by atoms with Crippen LogP contribution in [0.3, 0.4) is 0 Å². The minimum atomic E-state index is -0.750. The van der Waals surface area contributed by atoms with E-state index in [4.69, 9.17) is 9.47 Å². The number of nitrogens with zero attached hydrogens (tertiary/aromatic N) is 3. The molecule has 0 atom stereocenters. The van der Waals surface area contributed by atoms with Crippen LogP contribution >= 0.6 is 0 Å². The van der Waals surface area contributed by atoms with E-state index in [1.165, 1.54) is 23.1 Å². The number of aromatic nitrogens is 1. The summed E-state index contributed by atoms with van der Waals surface area (Å²) in [6.07, 6.45) is 0.809. The van der Waals surface area contributed by atoms with Crippen molar-refractivity contribution < 1.29 is 23.5 Å². The number of carbonyl (C=O) groups is 2. The van der Waals surface area contributed by atoms with Gasteiger partial charge in [-0.3, -0.25) is 4.79 Å². The summed E-state index contributed by atoms with van der Waals surface area (Å²) in [7, 11) is 2.98. The number of halogens is 1. The van der Waals surface area contributed by atoms with Gasteiger partial charge in [-0.25, -0.2) is 14.2 Å². The van der Waals surface area contributed by atoms with Crippen LogP contribution in [0, 0.1) is 5.82 Å².